The van der Waals surface area contributed by atoms with E-state index in [0.717, 1.165) is 23.4 Å². The van der Waals surface area contributed by atoms with E-state index >= 15 is 0 Å². The quantitative estimate of drug-likeness (QED) is 0.806. The number of halogens is 1. The van der Waals surface area contributed by atoms with Crippen molar-refractivity contribution < 1.29 is 0 Å². The van der Waals surface area contributed by atoms with Gasteiger partial charge in [0.15, 0.2) is 0 Å². The minimum atomic E-state index is 0.464. The second kappa shape index (κ2) is 6.76. The fourth-order valence-electron chi connectivity index (χ4n) is 3.50. The summed E-state index contributed by atoms with van der Waals surface area (Å²) in [6.07, 6.45) is 5.44. The standard InChI is InChI=1S/C17H26ClN/c1-4-19-17(14-8-5-7-12(2)11-14)15-9-6-10-16(18)13(15)3/h6,9-10,12,14,17,19H,4-5,7-8,11H2,1-3H3. The monoisotopic (exact) mass is 279 g/mol. The molecule has 0 radical (unpaired) electrons. The second-order valence-corrected chi connectivity index (χ2v) is 6.43. The Bertz CT molecular complexity index is 416. The van der Waals surface area contributed by atoms with Crippen LogP contribution in [0.25, 0.3) is 0 Å². The maximum absolute atomic E-state index is 6.30. The number of hydrogen-bond donors (Lipinski definition) is 1. The lowest BCUT2D eigenvalue weighted by molar-refractivity contribution is 0.225. The SMILES string of the molecule is CCNC(c1cccc(Cl)c1C)C1CCCC(C)C1. The molecule has 1 aliphatic rings. The lowest BCUT2D eigenvalue weighted by Gasteiger charge is -2.35. The fourth-order valence-corrected chi connectivity index (χ4v) is 3.68. The summed E-state index contributed by atoms with van der Waals surface area (Å²) in [6, 6.07) is 6.79. The molecule has 106 valence electrons. The number of hydrogen-bond acceptors (Lipinski definition) is 1. The molecule has 1 aliphatic carbocycles. The second-order valence-electron chi connectivity index (χ2n) is 6.02. The summed E-state index contributed by atoms with van der Waals surface area (Å²) < 4.78 is 0. The van der Waals surface area contributed by atoms with Crippen LogP contribution in [0.3, 0.4) is 0 Å². The third kappa shape index (κ3) is 3.52. The lowest BCUT2D eigenvalue weighted by atomic mass is 9.76. The van der Waals surface area contributed by atoms with Gasteiger partial charge in [0.2, 0.25) is 0 Å². The summed E-state index contributed by atoms with van der Waals surface area (Å²) in [5.74, 6) is 1.61. The normalized spacial score (nSPS) is 25.3. The highest BCUT2D eigenvalue weighted by atomic mass is 35.5. The molecule has 1 aromatic rings. The predicted molar refractivity (Wildman–Crippen MR) is 83.7 cm³/mol. The van der Waals surface area contributed by atoms with Gasteiger partial charge < -0.3 is 5.32 Å². The molecule has 1 nitrogen and oxygen atoms in total. The maximum atomic E-state index is 6.30. The molecule has 1 fully saturated rings. The minimum absolute atomic E-state index is 0.464. The van der Waals surface area contributed by atoms with Crippen molar-refractivity contribution in [3.63, 3.8) is 0 Å². The molecule has 1 aromatic carbocycles. The molecule has 0 saturated heterocycles. The van der Waals surface area contributed by atoms with Crippen molar-refractivity contribution in [2.75, 3.05) is 6.54 Å². The van der Waals surface area contributed by atoms with Crippen LogP contribution in [0.1, 0.15) is 56.7 Å². The van der Waals surface area contributed by atoms with Gasteiger partial charge in [-0.05, 0) is 55.3 Å². The van der Waals surface area contributed by atoms with E-state index in [9.17, 15) is 0 Å². The molecular formula is C17H26ClN. The lowest BCUT2D eigenvalue weighted by Crippen LogP contribution is -2.31. The van der Waals surface area contributed by atoms with Crippen molar-refractivity contribution in [3.05, 3.63) is 34.3 Å². The van der Waals surface area contributed by atoms with Crippen molar-refractivity contribution in [2.45, 2.75) is 52.5 Å². The minimum Gasteiger partial charge on any atom is -0.310 e. The van der Waals surface area contributed by atoms with Crippen LogP contribution in [0.5, 0.6) is 0 Å². The molecule has 2 heteroatoms. The Balaban J connectivity index is 2.26. The number of benzene rings is 1. The summed E-state index contributed by atoms with van der Waals surface area (Å²) in [4.78, 5) is 0. The van der Waals surface area contributed by atoms with Crippen LogP contribution in [0.4, 0.5) is 0 Å². The van der Waals surface area contributed by atoms with E-state index < -0.39 is 0 Å². The van der Waals surface area contributed by atoms with Crippen LogP contribution < -0.4 is 5.32 Å². The van der Waals surface area contributed by atoms with Crippen LogP contribution in [0.2, 0.25) is 5.02 Å². The van der Waals surface area contributed by atoms with E-state index in [4.69, 9.17) is 11.6 Å². The van der Waals surface area contributed by atoms with Crippen LogP contribution in [0, 0.1) is 18.8 Å². The Morgan fingerprint density at radius 1 is 1.37 bits per heavy atom. The van der Waals surface area contributed by atoms with Crippen LogP contribution >= 0.6 is 11.6 Å². The summed E-state index contributed by atoms with van der Waals surface area (Å²) in [7, 11) is 0. The van der Waals surface area contributed by atoms with Crippen molar-refractivity contribution in [2.24, 2.45) is 11.8 Å². The summed E-state index contributed by atoms with van der Waals surface area (Å²) in [5, 5.41) is 4.59. The first kappa shape index (κ1) is 14.9. The van der Waals surface area contributed by atoms with Gasteiger partial charge >= 0.3 is 0 Å². The molecule has 0 spiro atoms. The molecule has 0 amide bonds. The topological polar surface area (TPSA) is 12.0 Å². The van der Waals surface area contributed by atoms with E-state index in [1.807, 2.05) is 6.07 Å². The average Bonchev–Trinajstić information content (AvgIpc) is 2.40. The van der Waals surface area contributed by atoms with Gasteiger partial charge in [-0.3, -0.25) is 0 Å². The molecule has 3 atom stereocenters. The Kier molecular flexibility index (Phi) is 5.29. The van der Waals surface area contributed by atoms with Crippen LogP contribution in [0.15, 0.2) is 18.2 Å². The third-order valence-electron chi connectivity index (χ3n) is 4.52. The molecule has 1 N–H and O–H groups in total. The largest absolute Gasteiger partial charge is 0.310 e. The smallest absolute Gasteiger partial charge is 0.0438 e. The van der Waals surface area contributed by atoms with E-state index in [0.29, 0.717) is 6.04 Å². The van der Waals surface area contributed by atoms with E-state index in [1.165, 1.54) is 36.8 Å². The third-order valence-corrected chi connectivity index (χ3v) is 4.93. The Hall–Kier alpha value is -0.530. The van der Waals surface area contributed by atoms with Gasteiger partial charge in [-0.2, -0.15) is 0 Å². The van der Waals surface area contributed by atoms with Gasteiger partial charge in [0.1, 0.15) is 0 Å². The van der Waals surface area contributed by atoms with Gasteiger partial charge in [0.25, 0.3) is 0 Å². The molecule has 1 saturated carbocycles. The molecule has 2 rings (SSSR count). The van der Waals surface area contributed by atoms with Gasteiger partial charge in [-0.15, -0.1) is 0 Å². The predicted octanol–water partition coefficient (Wildman–Crippen LogP) is 5.13. The van der Waals surface area contributed by atoms with Gasteiger partial charge in [0, 0.05) is 11.1 Å². The van der Waals surface area contributed by atoms with E-state index in [-0.39, 0.29) is 0 Å². The van der Waals surface area contributed by atoms with Crippen molar-refractivity contribution >= 4 is 11.6 Å². The van der Waals surface area contributed by atoms with Crippen LogP contribution in [-0.4, -0.2) is 6.54 Å². The molecule has 0 bridgehead atoms. The van der Waals surface area contributed by atoms with Crippen molar-refractivity contribution in [3.8, 4) is 0 Å². The highest BCUT2D eigenvalue weighted by Gasteiger charge is 2.28. The van der Waals surface area contributed by atoms with Crippen molar-refractivity contribution in [1.29, 1.82) is 0 Å². The highest BCUT2D eigenvalue weighted by molar-refractivity contribution is 6.31. The Labute approximate surface area is 122 Å². The summed E-state index contributed by atoms with van der Waals surface area (Å²) in [5.41, 5.74) is 2.64. The Morgan fingerprint density at radius 3 is 2.84 bits per heavy atom. The zero-order chi connectivity index (χ0) is 13.8. The molecule has 0 aliphatic heterocycles. The van der Waals surface area contributed by atoms with E-state index in [1.54, 1.807) is 0 Å². The first-order valence-electron chi connectivity index (χ1n) is 7.61. The summed E-state index contributed by atoms with van der Waals surface area (Å²) >= 11 is 6.30. The molecule has 0 heterocycles. The average molecular weight is 280 g/mol. The van der Waals surface area contributed by atoms with Gasteiger partial charge in [0.05, 0.1) is 0 Å². The van der Waals surface area contributed by atoms with Gasteiger partial charge in [-0.1, -0.05) is 50.4 Å². The first-order chi connectivity index (χ1) is 9.13. The zero-order valence-electron chi connectivity index (χ0n) is 12.4. The molecule has 3 unspecified atom stereocenters. The molecule has 19 heavy (non-hydrogen) atoms. The Morgan fingerprint density at radius 2 is 2.16 bits per heavy atom. The van der Waals surface area contributed by atoms with E-state index in [2.05, 4.69) is 38.2 Å². The molecule has 0 aromatic heterocycles. The molecular weight excluding hydrogens is 254 g/mol. The first-order valence-corrected chi connectivity index (χ1v) is 7.99. The highest BCUT2D eigenvalue weighted by Crippen LogP contribution is 2.38. The van der Waals surface area contributed by atoms with Crippen LogP contribution in [-0.2, 0) is 0 Å². The maximum Gasteiger partial charge on any atom is 0.0438 e. The zero-order valence-corrected chi connectivity index (χ0v) is 13.1. The van der Waals surface area contributed by atoms with Gasteiger partial charge in [-0.25, -0.2) is 0 Å². The summed E-state index contributed by atoms with van der Waals surface area (Å²) in [6.45, 7) is 7.74. The fraction of sp³-hybridized carbons (Fsp3) is 0.647. The van der Waals surface area contributed by atoms with Crippen molar-refractivity contribution in [1.82, 2.24) is 5.32 Å². The number of rotatable bonds is 4. The number of nitrogens with one attached hydrogen (secondary N) is 1.